The smallest absolute Gasteiger partial charge is 0.352 e. The monoisotopic (exact) mass is 892 g/mol. The summed E-state index contributed by atoms with van der Waals surface area (Å²) in [4.78, 5) is 105. The van der Waals surface area contributed by atoms with E-state index in [1.807, 2.05) is 0 Å². The molecule has 2 aliphatic rings. The number of aromatic nitrogens is 1. The zero-order valence-corrected chi connectivity index (χ0v) is 34.0. The van der Waals surface area contributed by atoms with Crippen molar-refractivity contribution >= 4 is 92.5 Å². The number of carbonyl (C=O) groups is 7. The number of piperidine rings is 1. The molecule has 1 atom stereocenters. The Balaban J connectivity index is 0.995. The molecule has 6 amide bonds. The SMILES string of the molecule is O=C(COc1cccc2c1C(=O)N(C1CCC(=O)NC1=O)C2=O)NCCCCNC(=O)Cc1sc(N/N=C(\Cc2ccccc2[N+](=O)[O-])C(=O)O)nc1-c1ccc(Cl)c(Cl)c1. The average molecular weight is 894 g/mol. The molecule has 1 unspecified atom stereocenters. The number of hydrogen-bond donors (Lipinski definition) is 5. The maximum absolute atomic E-state index is 13.3. The second-order valence-corrected chi connectivity index (χ2v) is 15.4. The number of hydrogen-bond acceptors (Lipinski definition) is 14. The molecule has 4 aromatic rings. The number of ether oxygens (including phenoxy) is 1. The van der Waals surface area contributed by atoms with Crippen LogP contribution in [0.5, 0.6) is 5.75 Å². The number of para-hydroxylation sites is 1. The molecule has 19 nitrogen and oxygen atoms in total. The van der Waals surface area contributed by atoms with E-state index in [1.54, 1.807) is 24.3 Å². The molecule has 0 aliphatic carbocycles. The number of carboxylic acid groups (broad SMARTS) is 1. The first kappa shape index (κ1) is 43.8. The Labute approximate surface area is 359 Å². The van der Waals surface area contributed by atoms with E-state index in [0.717, 1.165) is 16.2 Å². The van der Waals surface area contributed by atoms with E-state index in [4.69, 9.17) is 27.9 Å². The van der Waals surface area contributed by atoms with Gasteiger partial charge in [0.25, 0.3) is 23.4 Å². The molecule has 3 aromatic carbocycles. The molecule has 6 rings (SSSR count). The summed E-state index contributed by atoms with van der Waals surface area (Å²) in [5.41, 5.74) is 2.90. The molecule has 0 saturated carbocycles. The van der Waals surface area contributed by atoms with Crippen LogP contribution in [0.25, 0.3) is 11.3 Å². The Hall–Kier alpha value is -6.77. The Bertz CT molecular complexity index is 2490. The summed E-state index contributed by atoms with van der Waals surface area (Å²) in [6, 6.07) is 13.7. The lowest BCUT2D eigenvalue weighted by atomic mass is 10.0. The van der Waals surface area contributed by atoms with Gasteiger partial charge < -0.3 is 20.5 Å². The number of amides is 6. The van der Waals surface area contributed by atoms with Gasteiger partial charge >= 0.3 is 5.97 Å². The molecule has 316 valence electrons. The van der Waals surface area contributed by atoms with Gasteiger partial charge in [-0.3, -0.25) is 54.5 Å². The Kier molecular flexibility index (Phi) is 14.0. The number of unbranched alkanes of at least 4 members (excludes halogenated alkanes) is 1. The average Bonchev–Trinajstić information content (AvgIpc) is 3.74. The molecule has 3 heterocycles. The van der Waals surface area contributed by atoms with Crippen LogP contribution in [0.1, 0.15) is 56.8 Å². The highest BCUT2D eigenvalue weighted by molar-refractivity contribution is 7.16. The number of benzene rings is 3. The predicted molar refractivity (Wildman–Crippen MR) is 221 cm³/mol. The first-order valence-electron chi connectivity index (χ1n) is 18.5. The molecule has 61 heavy (non-hydrogen) atoms. The number of nitro groups is 1. The van der Waals surface area contributed by atoms with Gasteiger partial charge in [-0.1, -0.05) is 64.9 Å². The number of nitrogens with zero attached hydrogens (tertiary/aromatic N) is 4. The van der Waals surface area contributed by atoms with Crippen LogP contribution < -0.4 is 26.1 Å². The molecule has 0 spiro atoms. The molecule has 2 aliphatic heterocycles. The van der Waals surface area contributed by atoms with E-state index in [0.29, 0.717) is 34.0 Å². The number of halogens is 2. The zero-order valence-electron chi connectivity index (χ0n) is 31.7. The van der Waals surface area contributed by atoms with E-state index >= 15 is 0 Å². The van der Waals surface area contributed by atoms with Crippen molar-refractivity contribution in [3.05, 3.63) is 102 Å². The number of hydrazone groups is 1. The number of nitro benzene ring substituents is 1. The molecule has 5 N–H and O–H groups in total. The summed E-state index contributed by atoms with van der Waals surface area (Å²) in [7, 11) is 0. The van der Waals surface area contributed by atoms with E-state index < -0.39 is 58.8 Å². The lowest BCUT2D eigenvalue weighted by molar-refractivity contribution is -0.385. The van der Waals surface area contributed by atoms with Gasteiger partial charge in [0.1, 0.15) is 17.5 Å². The molecule has 1 aromatic heterocycles. The highest BCUT2D eigenvalue weighted by Gasteiger charge is 2.46. The van der Waals surface area contributed by atoms with Crippen LogP contribution in [-0.4, -0.2) is 92.8 Å². The lowest BCUT2D eigenvalue weighted by Gasteiger charge is -2.27. The second-order valence-electron chi connectivity index (χ2n) is 13.5. The summed E-state index contributed by atoms with van der Waals surface area (Å²) in [5.74, 6) is -5.00. The largest absolute Gasteiger partial charge is 0.483 e. The van der Waals surface area contributed by atoms with Gasteiger partial charge in [0.15, 0.2) is 6.61 Å². The topological polar surface area (TPSA) is 269 Å². The fourth-order valence-electron chi connectivity index (χ4n) is 6.40. The molecule has 0 bridgehead atoms. The van der Waals surface area contributed by atoms with Crippen molar-refractivity contribution in [3.63, 3.8) is 0 Å². The molecular formula is C39H34Cl2N8O11S. The van der Waals surface area contributed by atoms with Gasteiger partial charge in [-0.2, -0.15) is 5.10 Å². The van der Waals surface area contributed by atoms with E-state index in [9.17, 15) is 48.8 Å². The highest BCUT2D eigenvalue weighted by Crippen LogP contribution is 2.36. The molecule has 1 fully saturated rings. The van der Waals surface area contributed by atoms with E-state index in [-0.39, 0.29) is 83.0 Å². The number of thiazole rings is 1. The number of aliphatic carboxylic acids is 1. The summed E-state index contributed by atoms with van der Waals surface area (Å²) >= 11 is 13.4. The normalized spacial score (nSPS) is 15.0. The fourth-order valence-corrected chi connectivity index (χ4v) is 7.62. The summed E-state index contributed by atoms with van der Waals surface area (Å²) in [5, 5.41) is 33.5. The third kappa shape index (κ3) is 10.5. The van der Waals surface area contributed by atoms with Crippen molar-refractivity contribution in [2.75, 3.05) is 25.1 Å². The molecule has 1 saturated heterocycles. The van der Waals surface area contributed by atoms with Crippen molar-refractivity contribution in [2.45, 2.75) is 44.6 Å². The predicted octanol–water partition coefficient (Wildman–Crippen LogP) is 4.16. The minimum atomic E-state index is -1.41. The Morgan fingerprint density at radius 2 is 1.70 bits per heavy atom. The minimum absolute atomic E-state index is 0.00588. The summed E-state index contributed by atoms with van der Waals surface area (Å²) in [6.45, 7) is 0.0109. The Morgan fingerprint density at radius 3 is 2.41 bits per heavy atom. The fraction of sp³-hybridized carbons (Fsp3) is 0.256. The van der Waals surface area contributed by atoms with Crippen LogP contribution in [0.4, 0.5) is 10.8 Å². The minimum Gasteiger partial charge on any atom is -0.483 e. The standard InChI is InChI=1S/C39H34Cl2N8O11S/c40-23-11-10-21(16-24(23)41)34-29(61-39(45-34)47-46-25(38(56)57)17-20-6-1-2-8-26(20)49(58)59)18-31(51)42-14-3-4-15-43-32(52)19-60-28-9-5-7-22-33(28)37(55)48(36(22)54)27-12-13-30(50)44-35(27)53/h1-2,5-11,16,27H,3-4,12-15,17-19H2,(H,42,51)(H,43,52)(H,45,47)(H,56,57)(H,44,50,53)/b46-25+. The van der Waals surface area contributed by atoms with Gasteiger partial charge in [-0.25, -0.2) is 9.78 Å². The maximum Gasteiger partial charge on any atom is 0.352 e. The summed E-state index contributed by atoms with van der Waals surface area (Å²) < 4.78 is 5.60. The van der Waals surface area contributed by atoms with Crippen LogP contribution in [0, 0.1) is 10.1 Å². The first-order valence-corrected chi connectivity index (χ1v) is 20.0. The van der Waals surface area contributed by atoms with Crippen molar-refractivity contribution in [1.29, 1.82) is 0 Å². The first-order chi connectivity index (χ1) is 29.2. The number of carbonyl (C=O) groups excluding carboxylic acids is 6. The van der Waals surface area contributed by atoms with E-state index in [1.165, 1.54) is 36.4 Å². The lowest BCUT2D eigenvalue weighted by Crippen LogP contribution is -2.54. The van der Waals surface area contributed by atoms with Crippen molar-refractivity contribution in [1.82, 2.24) is 25.8 Å². The number of fused-ring (bicyclic) bond motifs is 1. The third-order valence-electron chi connectivity index (χ3n) is 9.33. The van der Waals surface area contributed by atoms with Crippen LogP contribution >= 0.6 is 34.5 Å². The quantitative estimate of drug-likeness (QED) is 0.0309. The van der Waals surface area contributed by atoms with Crippen LogP contribution in [0.2, 0.25) is 10.0 Å². The number of carboxylic acids is 1. The van der Waals surface area contributed by atoms with Gasteiger partial charge in [-0.15, -0.1) is 0 Å². The molecule has 22 heteroatoms. The van der Waals surface area contributed by atoms with Crippen molar-refractivity contribution < 1.29 is 48.3 Å². The second kappa shape index (κ2) is 19.5. The van der Waals surface area contributed by atoms with Crippen molar-refractivity contribution in [2.24, 2.45) is 5.10 Å². The number of nitrogens with one attached hydrogen (secondary N) is 4. The van der Waals surface area contributed by atoms with Crippen LogP contribution in [0.15, 0.2) is 65.8 Å². The molecular weight excluding hydrogens is 859 g/mol. The number of imide groups is 2. The van der Waals surface area contributed by atoms with Crippen molar-refractivity contribution in [3.8, 4) is 17.0 Å². The number of rotatable bonds is 18. The van der Waals surface area contributed by atoms with Gasteiger partial charge in [0.05, 0.1) is 38.2 Å². The van der Waals surface area contributed by atoms with Crippen LogP contribution in [-0.2, 0) is 36.8 Å². The van der Waals surface area contributed by atoms with Crippen LogP contribution in [0.3, 0.4) is 0 Å². The summed E-state index contributed by atoms with van der Waals surface area (Å²) in [6.07, 6.45) is 0.436. The maximum atomic E-state index is 13.3. The third-order valence-corrected chi connectivity index (χ3v) is 11.0. The highest BCUT2D eigenvalue weighted by atomic mass is 35.5. The number of anilines is 1. The Morgan fingerprint density at radius 1 is 0.967 bits per heavy atom. The van der Waals surface area contributed by atoms with Gasteiger partial charge in [0.2, 0.25) is 22.9 Å². The van der Waals surface area contributed by atoms with E-state index in [2.05, 4.69) is 31.5 Å². The zero-order chi connectivity index (χ0) is 43.8. The molecule has 0 radical (unpaired) electrons. The van der Waals surface area contributed by atoms with Gasteiger partial charge in [0, 0.05) is 48.0 Å². The van der Waals surface area contributed by atoms with Gasteiger partial charge in [-0.05, 0) is 43.5 Å².